The largest absolute Gasteiger partial charge is 0.379 e. The lowest BCUT2D eigenvalue weighted by atomic mass is 10.1. The Morgan fingerprint density at radius 3 is 2.54 bits per heavy atom. The average molecular weight is 384 g/mol. The van der Waals surface area contributed by atoms with E-state index < -0.39 is 11.8 Å². The summed E-state index contributed by atoms with van der Waals surface area (Å²) >= 11 is 0. The van der Waals surface area contributed by atoms with Crippen molar-refractivity contribution in [3.05, 3.63) is 53.9 Å². The van der Waals surface area contributed by atoms with Crippen LogP contribution in [0.25, 0.3) is 0 Å². The number of nitrogens with one attached hydrogen (secondary N) is 2. The van der Waals surface area contributed by atoms with Crippen molar-refractivity contribution < 1.29 is 14.3 Å². The molecule has 2 aromatic rings. The van der Waals surface area contributed by atoms with Crippen molar-refractivity contribution in [3.63, 3.8) is 0 Å². The summed E-state index contributed by atoms with van der Waals surface area (Å²) in [6.07, 6.45) is 2.77. The van der Waals surface area contributed by atoms with Crippen molar-refractivity contribution in [3.8, 4) is 0 Å². The van der Waals surface area contributed by atoms with E-state index >= 15 is 0 Å². The van der Waals surface area contributed by atoms with Gasteiger partial charge in [-0.3, -0.25) is 14.5 Å². The number of anilines is 1. The fourth-order valence-electron chi connectivity index (χ4n) is 3.53. The molecule has 1 saturated heterocycles. The van der Waals surface area contributed by atoms with Crippen LogP contribution in [0.1, 0.15) is 24.2 Å². The quantitative estimate of drug-likeness (QED) is 0.744. The van der Waals surface area contributed by atoms with Crippen LogP contribution in [0, 0.1) is 0 Å². The molecule has 7 heteroatoms. The van der Waals surface area contributed by atoms with Gasteiger partial charge in [0.25, 0.3) is 0 Å². The van der Waals surface area contributed by atoms with Crippen molar-refractivity contribution in [2.24, 2.45) is 7.05 Å². The number of ether oxygens (including phenoxy) is 1. The highest BCUT2D eigenvalue weighted by molar-refractivity contribution is 6.39. The maximum absolute atomic E-state index is 12.4. The summed E-state index contributed by atoms with van der Waals surface area (Å²) in [6.45, 7) is 5.30. The second-order valence-corrected chi connectivity index (χ2v) is 6.88. The summed E-state index contributed by atoms with van der Waals surface area (Å²) in [6, 6.07) is 11.5. The molecule has 2 heterocycles. The summed E-state index contributed by atoms with van der Waals surface area (Å²) in [5.74, 6) is -1.27. The van der Waals surface area contributed by atoms with E-state index in [0.29, 0.717) is 25.4 Å². The fraction of sp³-hybridized carbons (Fsp3) is 0.429. The van der Waals surface area contributed by atoms with Gasteiger partial charge in [-0.25, -0.2) is 0 Å². The van der Waals surface area contributed by atoms with Crippen molar-refractivity contribution in [2.75, 3.05) is 38.2 Å². The molecule has 3 rings (SSSR count). The maximum atomic E-state index is 12.4. The molecule has 150 valence electrons. The summed E-state index contributed by atoms with van der Waals surface area (Å²) < 4.78 is 7.50. The number of para-hydroxylation sites is 1. The van der Waals surface area contributed by atoms with E-state index in [1.165, 1.54) is 0 Å². The predicted molar refractivity (Wildman–Crippen MR) is 108 cm³/mol. The molecule has 0 bridgehead atoms. The Balaban J connectivity index is 1.64. The van der Waals surface area contributed by atoms with Gasteiger partial charge in [0.05, 0.1) is 19.3 Å². The molecular weight excluding hydrogens is 356 g/mol. The monoisotopic (exact) mass is 384 g/mol. The van der Waals surface area contributed by atoms with E-state index in [0.717, 1.165) is 30.8 Å². The van der Waals surface area contributed by atoms with Crippen molar-refractivity contribution in [1.82, 2.24) is 14.8 Å². The molecule has 0 saturated carbocycles. The highest BCUT2D eigenvalue weighted by Gasteiger charge is 2.26. The van der Waals surface area contributed by atoms with Crippen LogP contribution < -0.4 is 10.6 Å². The minimum atomic E-state index is -0.645. The van der Waals surface area contributed by atoms with Crippen molar-refractivity contribution >= 4 is 17.5 Å². The predicted octanol–water partition coefficient (Wildman–Crippen LogP) is 1.72. The van der Waals surface area contributed by atoms with Gasteiger partial charge in [0.1, 0.15) is 0 Å². The van der Waals surface area contributed by atoms with Gasteiger partial charge in [-0.1, -0.05) is 25.1 Å². The van der Waals surface area contributed by atoms with E-state index in [1.54, 1.807) is 0 Å². The molecule has 0 aliphatic carbocycles. The first-order valence-electron chi connectivity index (χ1n) is 9.70. The molecule has 1 aliphatic heterocycles. The molecule has 1 unspecified atom stereocenters. The van der Waals surface area contributed by atoms with Gasteiger partial charge in [-0.2, -0.15) is 0 Å². The lowest BCUT2D eigenvalue weighted by molar-refractivity contribution is -0.136. The minimum absolute atomic E-state index is 0.0106. The number of amides is 2. The molecular formula is C21H28N4O3. The van der Waals surface area contributed by atoms with Crippen LogP contribution in [-0.2, 0) is 27.8 Å². The molecule has 0 spiro atoms. The third-order valence-electron chi connectivity index (χ3n) is 5.12. The van der Waals surface area contributed by atoms with Crippen LogP contribution in [-0.4, -0.2) is 54.1 Å². The first kappa shape index (κ1) is 20.1. The molecule has 1 aromatic heterocycles. The van der Waals surface area contributed by atoms with E-state index in [2.05, 4.69) is 15.5 Å². The third kappa shape index (κ3) is 4.79. The molecule has 0 radical (unpaired) electrons. The van der Waals surface area contributed by atoms with E-state index in [-0.39, 0.29) is 6.04 Å². The number of hydrogen-bond acceptors (Lipinski definition) is 4. The van der Waals surface area contributed by atoms with Crippen LogP contribution in [0.5, 0.6) is 0 Å². The summed E-state index contributed by atoms with van der Waals surface area (Å²) in [5, 5.41) is 5.53. The minimum Gasteiger partial charge on any atom is -0.379 e. The molecule has 1 aliphatic rings. The number of aryl methyl sites for hydroxylation is 2. The van der Waals surface area contributed by atoms with Gasteiger partial charge in [-0.15, -0.1) is 0 Å². The number of carbonyl (C=O) groups is 2. The van der Waals surface area contributed by atoms with E-state index in [4.69, 9.17) is 4.74 Å². The standard InChI is InChI=1S/C21H28N4O3/c1-3-16-7-4-5-8-17(16)23-21(27)20(26)22-15-19(18-9-6-10-24(18)2)25-11-13-28-14-12-25/h4-10,19H,3,11-15H2,1-2H3,(H,22,26)(H,23,27). The zero-order valence-corrected chi connectivity index (χ0v) is 16.5. The van der Waals surface area contributed by atoms with Gasteiger partial charge >= 0.3 is 11.8 Å². The van der Waals surface area contributed by atoms with E-state index in [1.807, 2.05) is 61.1 Å². The lowest BCUT2D eigenvalue weighted by Gasteiger charge is -2.34. The first-order valence-corrected chi connectivity index (χ1v) is 9.70. The Morgan fingerprint density at radius 1 is 1.11 bits per heavy atom. The summed E-state index contributed by atoms with van der Waals surface area (Å²) in [7, 11) is 1.99. The number of rotatable bonds is 6. The van der Waals surface area contributed by atoms with Gasteiger partial charge in [0, 0.05) is 44.3 Å². The van der Waals surface area contributed by atoms with Crippen LogP contribution in [0.4, 0.5) is 5.69 Å². The molecule has 2 amide bonds. The number of aromatic nitrogens is 1. The smallest absolute Gasteiger partial charge is 0.313 e. The molecule has 28 heavy (non-hydrogen) atoms. The Bertz CT molecular complexity index is 811. The molecule has 1 fully saturated rings. The van der Waals surface area contributed by atoms with Gasteiger partial charge in [0.15, 0.2) is 0 Å². The van der Waals surface area contributed by atoms with Crippen LogP contribution in [0.15, 0.2) is 42.6 Å². The summed E-state index contributed by atoms with van der Waals surface area (Å²) in [4.78, 5) is 27.1. The zero-order valence-electron chi connectivity index (χ0n) is 16.5. The van der Waals surface area contributed by atoms with Crippen LogP contribution in [0.3, 0.4) is 0 Å². The number of morpholine rings is 1. The Kier molecular flexibility index (Phi) is 6.84. The van der Waals surface area contributed by atoms with Crippen LogP contribution >= 0.6 is 0 Å². The van der Waals surface area contributed by atoms with Crippen molar-refractivity contribution in [1.29, 1.82) is 0 Å². The molecule has 7 nitrogen and oxygen atoms in total. The highest BCUT2D eigenvalue weighted by atomic mass is 16.5. The topological polar surface area (TPSA) is 75.6 Å². The van der Waals surface area contributed by atoms with Crippen molar-refractivity contribution in [2.45, 2.75) is 19.4 Å². The third-order valence-corrected chi connectivity index (χ3v) is 5.12. The number of hydrogen-bond donors (Lipinski definition) is 2. The number of nitrogens with zero attached hydrogens (tertiary/aromatic N) is 2. The highest BCUT2D eigenvalue weighted by Crippen LogP contribution is 2.21. The average Bonchev–Trinajstić information content (AvgIpc) is 3.15. The van der Waals surface area contributed by atoms with E-state index in [9.17, 15) is 9.59 Å². The van der Waals surface area contributed by atoms with Gasteiger partial charge in [0.2, 0.25) is 0 Å². The summed E-state index contributed by atoms with van der Waals surface area (Å²) in [5.41, 5.74) is 2.77. The number of benzene rings is 1. The first-order chi connectivity index (χ1) is 13.6. The molecule has 1 aromatic carbocycles. The van der Waals surface area contributed by atoms with Gasteiger partial charge < -0.3 is 19.9 Å². The Labute approximate surface area is 165 Å². The SMILES string of the molecule is CCc1ccccc1NC(=O)C(=O)NCC(c1cccn1C)N1CCOCC1. The lowest BCUT2D eigenvalue weighted by Crippen LogP contribution is -2.46. The van der Waals surface area contributed by atoms with Gasteiger partial charge in [-0.05, 0) is 30.2 Å². The second-order valence-electron chi connectivity index (χ2n) is 6.88. The normalized spacial score (nSPS) is 15.8. The maximum Gasteiger partial charge on any atom is 0.313 e. The van der Waals surface area contributed by atoms with Crippen LogP contribution in [0.2, 0.25) is 0 Å². The fourth-order valence-corrected chi connectivity index (χ4v) is 3.53. The molecule has 1 atom stereocenters. The Hall–Kier alpha value is -2.64. The molecule has 2 N–H and O–H groups in total. The Morgan fingerprint density at radius 2 is 1.86 bits per heavy atom. The zero-order chi connectivity index (χ0) is 19.9. The second kappa shape index (κ2) is 9.52. The number of carbonyl (C=O) groups excluding carboxylic acids is 2.